The Morgan fingerprint density at radius 1 is 1.00 bits per heavy atom. The number of imidazole rings is 1. The van der Waals surface area contributed by atoms with E-state index < -0.39 is 0 Å². The first-order chi connectivity index (χ1) is 13.1. The molecule has 0 radical (unpaired) electrons. The molecule has 2 aromatic carbocycles. The minimum absolute atomic E-state index is 0. The number of hydrogen-bond acceptors (Lipinski definition) is 3. The van der Waals surface area contributed by atoms with E-state index in [1.165, 1.54) is 0 Å². The molecule has 28 heavy (non-hydrogen) atoms. The van der Waals surface area contributed by atoms with Gasteiger partial charge in [-0.1, -0.05) is 40.9 Å². The molecule has 0 aliphatic rings. The summed E-state index contributed by atoms with van der Waals surface area (Å²) in [6.07, 6.45) is 6.58. The number of rotatable bonds is 9. The lowest BCUT2D eigenvalue weighted by Gasteiger charge is -2.14. The van der Waals surface area contributed by atoms with Crippen molar-refractivity contribution < 1.29 is 4.74 Å². The summed E-state index contributed by atoms with van der Waals surface area (Å²) >= 11 is 18.3. The standard InChI is InChI=1S/C20H20Cl3N3O.ClH/c21-17-4-5-20(27-13-15-2-3-18(22)11-19(15)23)16(10-17)12-24-6-1-8-26-9-7-25-14-26;/h2-5,7,9-11,14,24H,1,6,8,12-13H2;1H. The van der Waals surface area contributed by atoms with Crippen molar-refractivity contribution in [2.75, 3.05) is 6.54 Å². The molecular weight excluding hydrogens is 440 g/mol. The quantitative estimate of drug-likeness (QED) is 0.396. The highest BCUT2D eigenvalue weighted by Gasteiger charge is 2.07. The summed E-state index contributed by atoms with van der Waals surface area (Å²) in [7, 11) is 0. The van der Waals surface area contributed by atoms with Gasteiger partial charge in [-0.05, 0) is 43.3 Å². The van der Waals surface area contributed by atoms with E-state index in [9.17, 15) is 0 Å². The van der Waals surface area contributed by atoms with Crippen LogP contribution in [-0.4, -0.2) is 16.1 Å². The lowest BCUT2D eigenvalue weighted by atomic mass is 10.2. The number of hydrogen-bond donors (Lipinski definition) is 1. The maximum absolute atomic E-state index is 6.22. The number of aryl methyl sites for hydroxylation is 1. The zero-order valence-corrected chi connectivity index (χ0v) is 18.2. The van der Waals surface area contributed by atoms with Crippen molar-refractivity contribution in [1.29, 1.82) is 0 Å². The van der Waals surface area contributed by atoms with Crippen LogP contribution in [0.4, 0.5) is 0 Å². The molecule has 3 aromatic rings. The van der Waals surface area contributed by atoms with Crippen molar-refractivity contribution in [2.24, 2.45) is 0 Å². The molecule has 0 amide bonds. The van der Waals surface area contributed by atoms with Gasteiger partial charge in [0.1, 0.15) is 12.4 Å². The van der Waals surface area contributed by atoms with Gasteiger partial charge in [0.25, 0.3) is 0 Å². The summed E-state index contributed by atoms with van der Waals surface area (Å²) in [4.78, 5) is 4.04. The Labute approximate surface area is 186 Å². The van der Waals surface area contributed by atoms with Crippen LogP contribution >= 0.6 is 47.2 Å². The van der Waals surface area contributed by atoms with Gasteiger partial charge in [0.15, 0.2) is 0 Å². The molecule has 0 aliphatic heterocycles. The normalized spacial score (nSPS) is 10.5. The third-order valence-corrected chi connectivity index (χ3v) is 4.89. The van der Waals surface area contributed by atoms with E-state index in [1.54, 1.807) is 18.3 Å². The van der Waals surface area contributed by atoms with Gasteiger partial charge in [0, 0.05) is 51.7 Å². The van der Waals surface area contributed by atoms with Gasteiger partial charge < -0.3 is 14.6 Å². The lowest BCUT2D eigenvalue weighted by molar-refractivity contribution is 0.302. The second-order valence-electron chi connectivity index (χ2n) is 6.11. The minimum atomic E-state index is 0. The molecule has 3 rings (SSSR count). The summed E-state index contributed by atoms with van der Waals surface area (Å²) in [5.74, 6) is 0.785. The number of nitrogens with zero attached hydrogens (tertiary/aromatic N) is 2. The van der Waals surface area contributed by atoms with Gasteiger partial charge >= 0.3 is 0 Å². The van der Waals surface area contributed by atoms with Gasteiger partial charge in [-0.25, -0.2) is 4.98 Å². The number of benzene rings is 2. The number of ether oxygens (including phenoxy) is 1. The topological polar surface area (TPSA) is 39.1 Å². The highest BCUT2D eigenvalue weighted by atomic mass is 35.5. The fourth-order valence-electron chi connectivity index (χ4n) is 2.65. The maximum atomic E-state index is 6.22. The van der Waals surface area contributed by atoms with Gasteiger partial charge in [0.2, 0.25) is 0 Å². The molecule has 1 heterocycles. The number of nitrogens with one attached hydrogen (secondary N) is 1. The second-order valence-corrected chi connectivity index (χ2v) is 7.39. The van der Waals surface area contributed by atoms with Gasteiger partial charge in [0.05, 0.1) is 6.33 Å². The SMILES string of the molecule is Cl.Clc1ccc(COc2ccc(Cl)cc2CNCCCn2ccnc2)c(Cl)c1. The Morgan fingerprint density at radius 2 is 1.79 bits per heavy atom. The van der Waals surface area contributed by atoms with E-state index in [1.807, 2.05) is 36.8 Å². The third kappa shape index (κ3) is 6.87. The van der Waals surface area contributed by atoms with Crippen molar-refractivity contribution in [3.63, 3.8) is 0 Å². The molecule has 0 unspecified atom stereocenters. The van der Waals surface area contributed by atoms with Crippen LogP contribution in [0, 0.1) is 0 Å². The molecule has 150 valence electrons. The summed E-state index contributed by atoms with van der Waals surface area (Å²) in [6, 6.07) is 11.0. The Kier molecular flexibility index (Phi) is 9.42. The Balaban J connectivity index is 0.00000280. The van der Waals surface area contributed by atoms with E-state index in [-0.39, 0.29) is 12.4 Å². The van der Waals surface area contributed by atoms with Crippen LogP contribution in [-0.2, 0) is 19.7 Å². The van der Waals surface area contributed by atoms with E-state index >= 15 is 0 Å². The second kappa shape index (κ2) is 11.5. The van der Waals surface area contributed by atoms with Crippen molar-refractivity contribution in [3.05, 3.63) is 81.3 Å². The van der Waals surface area contributed by atoms with Gasteiger partial charge in [-0.2, -0.15) is 0 Å². The molecule has 4 nitrogen and oxygen atoms in total. The molecular formula is C20H21Cl4N3O. The molecule has 0 fully saturated rings. The molecule has 0 saturated heterocycles. The van der Waals surface area contributed by atoms with Crippen LogP contribution in [0.3, 0.4) is 0 Å². The molecule has 0 saturated carbocycles. The van der Waals surface area contributed by atoms with E-state index in [2.05, 4.69) is 14.9 Å². The zero-order valence-electron chi connectivity index (χ0n) is 15.1. The zero-order chi connectivity index (χ0) is 19.1. The van der Waals surface area contributed by atoms with Crippen LogP contribution < -0.4 is 10.1 Å². The predicted molar refractivity (Wildman–Crippen MR) is 118 cm³/mol. The minimum Gasteiger partial charge on any atom is -0.489 e. The fourth-order valence-corrected chi connectivity index (χ4v) is 3.31. The smallest absolute Gasteiger partial charge is 0.124 e. The average Bonchev–Trinajstić information content (AvgIpc) is 3.15. The lowest BCUT2D eigenvalue weighted by Crippen LogP contribution is -2.17. The van der Waals surface area contributed by atoms with Crippen molar-refractivity contribution in [2.45, 2.75) is 26.1 Å². The molecule has 0 atom stereocenters. The summed E-state index contributed by atoms with van der Waals surface area (Å²) in [5.41, 5.74) is 1.89. The third-order valence-electron chi connectivity index (χ3n) is 4.07. The van der Waals surface area contributed by atoms with Crippen molar-refractivity contribution in [3.8, 4) is 5.75 Å². The molecule has 1 N–H and O–H groups in total. The van der Waals surface area contributed by atoms with Crippen molar-refractivity contribution in [1.82, 2.24) is 14.9 Å². The number of aromatic nitrogens is 2. The fraction of sp³-hybridized carbons (Fsp3) is 0.250. The summed E-state index contributed by atoms with van der Waals surface area (Å²) < 4.78 is 8.04. The van der Waals surface area contributed by atoms with E-state index in [0.29, 0.717) is 28.2 Å². The average molecular weight is 461 g/mol. The molecule has 8 heteroatoms. The van der Waals surface area contributed by atoms with E-state index in [4.69, 9.17) is 39.5 Å². The van der Waals surface area contributed by atoms with Crippen LogP contribution in [0.5, 0.6) is 5.75 Å². The molecule has 0 bridgehead atoms. The van der Waals surface area contributed by atoms with Gasteiger partial charge in [-0.15, -0.1) is 12.4 Å². The van der Waals surface area contributed by atoms with Crippen LogP contribution in [0.2, 0.25) is 15.1 Å². The Bertz CT molecular complexity index is 872. The summed E-state index contributed by atoms with van der Waals surface area (Å²) in [5, 5.41) is 5.32. The first kappa shape index (κ1) is 22.9. The van der Waals surface area contributed by atoms with Crippen molar-refractivity contribution >= 4 is 47.2 Å². The molecule has 1 aromatic heterocycles. The number of halogens is 4. The highest BCUT2D eigenvalue weighted by Crippen LogP contribution is 2.26. The Morgan fingerprint density at radius 3 is 2.54 bits per heavy atom. The first-order valence-electron chi connectivity index (χ1n) is 8.63. The predicted octanol–water partition coefficient (Wildman–Crippen LogP) is 6.02. The Hall–Kier alpha value is -1.43. The molecule has 0 spiro atoms. The molecule has 0 aliphatic carbocycles. The van der Waals surface area contributed by atoms with Gasteiger partial charge in [-0.3, -0.25) is 0 Å². The largest absolute Gasteiger partial charge is 0.489 e. The van der Waals surface area contributed by atoms with E-state index in [0.717, 1.165) is 36.4 Å². The first-order valence-corrected chi connectivity index (χ1v) is 9.77. The summed E-state index contributed by atoms with van der Waals surface area (Å²) in [6.45, 7) is 2.85. The van der Waals surface area contributed by atoms with Crippen LogP contribution in [0.15, 0.2) is 55.1 Å². The van der Waals surface area contributed by atoms with Crippen LogP contribution in [0.1, 0.15) is 17.5 Å². The highest BCUT2D eigenvalue weighted by molar-refractivity contribution is 6.35. The monoisotopic (exact) mass is 459 g/mol. The van der Waals surface area contributed by atoms with Crippen LogP contribution in [0.25, 0.3) is 0 Å². The maximum Gasteiger partial charge on any atom is 0.124 e.